The first-order chi connectivity index (χ1) is 10.5. The van der Waals surface area contributed by atoms with Crippen molar-refractivity contribution in [2.75, 3.05) is 19.7 Å². The van der Waals surface area contributed by atoms with Crippen molar-refractivity contribution in [2.45, 2.75) is 26.7 Å². The molecule has 5 nitrogen and oxygen atoms in total. The average Bonchev–Trinajstić information content (AvgIpc) is 2.51. The first-order valence-corrected chi connectivity index (χ1v) is 7.78. The maximum Gasteiger partial charge on any atom is 0.415 e. The van der Waals surface area contributed by atoms with Crippen LogP contribution < -0.4 is 4.74 Å². The Bertz CT molecular complexity index is 553. The molecule has 22 heavy (non-hydrogen) atoms. The van der Waals surface area contributed by atoms with Crippen molar-refractivity contribution in [1.29, 1.82) is 0 Å². The summed E-state index contributed by atoms with van der Waals surface area (Å²) < 4.78 is 10.4. The third-order valence-electron chi connectivity index (χ3n) is 3.66. The molecule has 1 aliphatic heterocycles. The molecule has 0 saturated carbocycles. The highest BCUT2D eigenvalue weighted by molar-refractivity contribution is 6.32. The number of carbonyl (C=O) groups is 2. The highest BCUT2D eigenvalue weighted by Gasteiger charge is 2.29. The zero-order valence-corrected chi connectivity index (χ0v) is 13.6. The van der Waals surface area contributed by atoms with Gasteiger partial charge < -0.3 is 14.4 Å². The van der Waals surface area contributed by atoms with Crippen LogP contribution in [0.4, 0.5) is 4.79 Å². The van der Waals surface area contributed by atoms with E-state index in [2.05, 4.69) is 0 Å². The fraction of sp³-hybridized carbons (Fsp3) is 0.500. The topological polar surface area (TPSA) is 55.8 Å². The van der Waals surface area contributed by atoms with Crippen molar-refractivity contribution in [3.8, 4) is 5.75 Å². The minimum atomic E-state index is -0.435. The maximum absolute atomic E-state index is 12.2. The second-order valence-electron chi connectivity index (χ2n) is 5.32. The van der Waals surface area contributed by atoms with E-state index in [0.29, 0.717) is 43.3 Å². The molecule has 0 bridgehead atoms. The average molecular weight is 326 g/mol. The van der Waals surface area contributed by atoms with Crippen molar-refractivity contribution in [3.63, 3.8) is 0 Å². The predicted octanol–water partition coefficient (Wildman–Crippen LogP) is 3.42. The summed E-state index contributed by atoms with van der Waals surface area (Å²) in [6.45, 7) is 5.03. The smallest absolute Gasteiger partial charge is 0.415 e. The third kappa shape index (κ3) is 4.13. The molecule has 0 radical (unpaired) electrons. The number of rotatable bonds is 3. The zero-order chi connectivity index (χ0) is 16.1. The Labute approximate surface area is 135 Å². The van der Waals surface area contributed by atoms with E-state index in [9.17, 15) is 9.59 Å². The highest BCUT2D eigenvalue weighted by Crippen LogP contribution is 2.27. The minimum Gasteiger partial charge on any atom is -0.466 e. The molecule has 120 valence electrons. The van der Waals surface area contributed by atoms with Gasteiger partial charge in [0, 0.05) is 13.1 Å². The molecular weight excluding hydrogens is 306 g/mol. The number of halogens is 1. The molecule has 2 rings (SSSR count). The summed E-state index contributed by atoms with van der Waals surface area (Å²) >= 11 is 6.02. The molecule has 0 aromatic heterocycles. The molecule has 1 amide bonds. The molecule has 1 fully saturated rings. The van der Waals surface area contributed by atoms with Crippen molar-refractivity contribution < 1.29 is 19.1 Å². The number of nitrogens with zero attached hydrogens (tertiary/aromatic N) is 1. The van der Waals surface area contributed by atoms with Crippen LogP contribution in [0, 0.1) is 12.8 Å². The van der Waals surface area contributed by atoms with E-state index in [0.717, 1.165) is 5.56 Å². The quantitative estimate of drug-likeness (QED) is 0.799. The summed E-state index contributed by atoms with van der Waals surface area (Å²) in [7, 11) is 0. The van der Waals surface area contributed by atoms with Crippen LogP contribution in [-0.4, -0.2) is 36.7 Å². The van der Waals surface area contributed by atoms with Gasteiger partial charge in [-0.3, -0.25) is 4.79 Å². The van der Waals surface area contributed by atoms with Gasteiger partial charge >= 0.3 is 12.1 Å². The van der Waals surface area contributed by atoms with E-state index in [1.54, 1.807) is 24.0 Å². The summed E-state index contributed by atoms with van der Waals surface area (Å²) in [5.41, 5.74) is 0.966. The van der Waals surface area contributed by atoms with Gasteiger partial charge in [-0.05, 0) is 44.4 Å². The summed E-state index contributed by atoms with van der Waals surface area (Å²) in [4.78, 5) is 25.4. The predicted molar refractivity (Wildman–Crippen MR) is 83.1 cm³/mol. The van der Waals surface area contributed by atoms with Gasteiger partial charge in [0.2, 0.25) is 0 Å². The monoisotopic (exact) mass is 325 g/mol. The molecular formula is C16H20ClNO4. The van der Waals surface area contributed by atoms with E-state index in [4.69, 9.17) is 21.1 Å². The number of benzene rings is 1. The molecule has 0 spiro atoms. The summed E-state index contributed by atoms with van der Waals surface area (Å²) in [6.07, 6.45) is 0.750. The van der Waals surface area contributed by atoms with Crippen LogP contribution in [-0.2, 0) is 9.53 Å². The summed E-state index contributed by atoms with van der Waals surface area (Å²) in [5.74, 6) is 0.0444. The number of amides is 1. The van der Waals surface area contributed by atoms with Gasteiger partial charge in [0.05, 0.1) is 17.5 Å². The first kappa shape index (κ1) is 16.6. The molecule has 1 aliphatic rings. The Kier molecular flexibility index (Phi) is 5.66. The van der Waals surface area contributed by atoms with Crippen molar-refractivity contribution >= 4 is 23.7 Å². The lowest BCUT2D eigenvalue weighted by molar-refractivity contribution is -0.149. The Morgan fingerprint density at radius 1 is 1.32 bits per heavy atom. The Morgan fingerprint density at radius 3 is 2.64 bits per heavy atom. The van der Waals surface area contributed by atoms with Gasteiger partial charge in [0.1, 0.15) is 0 Å². The SMILES string of the molecule is CCOC(=O)C1CCN(C(=O)Oc2cc(C)ccc2Cl)CC1. The van der Waals surface area contributed by atoms with Crippen LogP contribution in [0.1, 0.15) is 25.3 Å². The standard InChI is InChI=1S/C16H20ClNO4/c1-3-21-15(19)12-6-8-18(9-7-12)16(20)22-14-10-11(2)4-5-13(14)17/h4-5,10,12H,3,6-9H2,1-2H3. The molecule has 0 unspecified atom stereocenters. The molecule has 1 saturated heterocycles. The van der Waals surface area contributed by atoms with Crippen molar-refractivity contribution in [2.24, 2.45) is 5.92 Å². The number of carbonyl (C=O) groups excluding carboxylic acids is 2. The van der Waals surface area contributed by atoms with Crippen LogP contribution in [0.2, 0.25) is 5.02 Å². The summed E-state index contributed by atoms with van der Waals surface area (Å²) in [6, 6.07) is 5.28. The van der Waals surface area contributed by atoms with E-state index in [1.165, 1.54) is 0 Å². The number of ether oxygens (including phenoxy) is 2. The van der Waals surface area contributed by atoms with Crippen LogP contribution in [0.25, 0.3) is 0 Å². The number of piperidine rings is 1. The largest absolute Gasteiger partial charge is 0.466 e. The van der Waals surface area contributed by atoms with Crippen LogP contribution in [0.3, 0.4) is 0 Å². The van der Waals surface area contributed by atoms with E-state index >= 15 is 0 Å². The van der Waals surface area contributed by atoms with Crippen molar-refractivity contribution in [1.82, 2.24) is 4.90 Å². The number of likely N-dealkylation sites (tertiary alicyclic amines) is 1. The number of esters is 1. The van der Waals surface area contributed by atoms with Crippen LogP contribution in [0.15, 0.2) is 18.2 Å². The second-order valence-corrected chi connectivity index (χ2v) is 5.72. The molecule has 0 aliphatic carbocycles. The van der Waals surface area contributed by atoms with E-state index in [1.807, 2.05) is 13.0 Å². The fourth-order valence-corrected chi connectivity index (χ4v) is 2.56. The van der Waals surface area contributed by atoms with Gasteiger partial charge in [-0.25, -0.2) is 4.79 Å². The van der Waals surface area contributed by atoms with Crippen LogP contribution in [0.5, 0.6) is 5.75 Å². The number of hydrogen-bond donors (Lipinski definition) is 0. The van der Waals surface area contributed by atoms with Gasteiger partial charge in [-0.2, -0.15) is 0 Å². The minimum absolute atomic E-state index is 0.133. The molecule has 1 heterocycles. The van der Waals surface area contributed by atoms with E-state index < -0.39 is 6.09 Å². The Balaban J connectivity index is 1.90. The Hall–Kier alpha value is -1.75. The van der Waals surface area contributed by atoms with E-state index in [-0.39, 0.29) is 11.9 Å². The van der Waals surface area contributed by atoms with Gasteiger partial charge in [0.15, 0.2) is 5.75 Å². The molecule has 6 heteroatoms. The number of hydrogen-bond acceptors (Lipinski definition) is 4. The second kappa shape index (κ2) is 7.49. The summed E-state index contributed by atoms with van der Waals surface area (Å²) in [5, 5.41) is 0.403. The molecule has 1 aromatic rings. The van der Waals surface area contributed by atoms with Gasteiger partial charge in [0.25, 0.3) is 0 Å². The fourth-order valence-electron chi connectivity index (χ4n) is 2.41. The highest BCUT2D eigenvalue weighted by atomic mass is 35.5. The lowest BCUT2D eigenvalue weighted by Gasteiger charge is -2.30. The maximum atomic E-state index is 12.2. The lowest BCUT2D eigenvalue weighted by atomic mass is 9.97. The van der Waals surface area contributed by atoms with Gasteiger partial charge in [-0.15, -0.1) is 0 Å². The number of aryl methyl sites for hydroxylation is 1. The molecule has 0 N–H and O–H groups in total. The Morgan fingerprint density at radius 2 is 2.00 bits per heavy atom. The zero-order valence-electron chi connectivity index (χ0n) is 12.8. The third-order valence-corrected chi connectivity index (χ3v) is 3.97. The van der Waals surface area contributed by atoms with Crippen LogP contribution >= 0.6 is 11.6 Å². The molecule has 0 atom stereocenters. The lowest BCUT2D eigenvalue weighted by Crippen LogP contribution is -2.42. The normalized spacial score (nSPS) is 15.5. The molecule has 1 aromatic carbocycles. The van der Waals surface area contributed by atoms with Crippen molar-refractivity contribution in [3.05, 3.63) is 28.8 Å². The van der Waals surface area contributed by atoms with Gasteiger partial charge in [-0.1, -0.05) is 17.7 Å². The first-order valence-electron chi connectivity index (χ1n) is 7.40.